The average molecular weight is 555 g/mol. The van der Waals surface area contributed by atoms with Crippen LogP contribution in [0.3, 0.4) is 0 Å². The first-order chi connectivity index (χ1) is 16.6. The quantitative estimate of drug-likeness (QED) is 0.135. The Morgan fingerprint density at radius 2 is 1.28 bits per heavy atom. The average Bonchev–Trinajstić information content (AvgIpc) is 2.75. The van der Waals surface area contributed by atoms with Crippen molar-refractivity contribution in [3.8, 4) is 5.75 Å². The van der Waals surface area contributed by atoms with E-state index in [1.54, 1.807) is 19.1 Å². The van der Waals surface area contributed by atoms with E-state index in [9.17, 15) is 34.4 Å². The van der Waals surface area contributed by atoms with Crippen LogP contribution in [0.1, 0.15) is 18.1 Å². The molecule has 0 atom stereocenters. The van der Waals surface area contributed by atoms with Crippen molar-refractivity contribution in [2.24, 2.45) is 0 Å². The van der Waals surface area contributed by atoms with E-state index in [4.69, 9.17) is 8.92 Å². The molecule has 0 unspecified atom stereocenters. The number of ether oxygens (including phenoxy) is 1. The van der Waals surface area contributed by atoms with Gasteiger partial charge in [-0.2, -0.15) is 25.3 Å². The first kappa shape index (κ1) is 26.3. The molecule has 0 spiro atoms. The van der Waals surface area contributed by atoms with Crippen LogP contribution >= 0.6 is 0 Å². The maximum absolute atomic E-state index is 12.8. The fraction of sp³-hybridized carbons (Fsp3) is 0.217. The summed E-state index contributed by atoms with van der Waals surface area (Å²) in [4.78, 5) is -0.324. The predicted molar refractivity (Wildman–Crippen MR) is 135 cm³/mol. The van der Waals surface area contributed by atoms with Gasteiger partial charge in [-0.3, -0.25) is 13.3 Å². The number of hydrogen-bond donors (Lipinski definition) is 2. The van der Waals surface area contributed by atoms with Gasteiger partial charge in [-0.15, -0.1) is 0 Å². The molecule has 0 bridgehead atoms. The van der Waals surface area contributed by atoms with E-state index in [0.29, 0.717) is 32.5 Å². The molecule has 0 aliphatic heterocycles. The van der Waals surface area contributed by atoms with Crippen molar-refractivity contribution in [2.45, 2.75) is 23.3 Å². The number of benzene rings is 4. The number of rotatable bonds is 9. The highest BCUT2D eigenvalue weighted by atomic mass is 32.2. The predicted octanol–water partition coefficient (Wildman–Crippen LogP) is 3.65. The van der Waals surface area contributed by atoms with E-state index >= 15 is 0 Å². The molecule has 0 saturated carbocycles. The summed E-state index contributed by atoms with van der Waals surface area (Å²) in [6, 6.07) is 8.78. The smallest absolute Gasteiger partial charge is 0.297 e. The Bertz CT molecular complexity index is 1860. The van der Waals surface area contributed by atoms with Crippen molar-refractivity contribution in [1.82, 2.24) is 0 Å². The molecule has 0 aromatic heterocycles. The molecule has 10 nitrogen and oxygen atoms in total. The monoisotopic (exact) mass is 554 g/mol. The minimum absolute atomic E-state index is 0.000359. The molecule has 0 amide bonds. The molecule has 0 radical (unpaired) electrons. The molecule has 192 valence electrons. The third-order valence-electron chi connectivity index (χ3n) is 5.63. The van der Waals surface area contributed by atoms with Crippen LogP contribution in [0.4, 0.5) is 0 Å². The zero-order valence-electron chi connectivity index (χ0n) is 19.2. The van der Waals surface area contributed by atoms with Crippen LogP contribution < -0.4 is 4.74 Å². The Balaban J connectivity index is 2.25. The van der Waals surface area contributed by atoms with E-state index in [1.165, 1.54) is 18.2 Å². The lowest BCUT2D eigenvalue weighted by Crippen LogP contribution is -2.09. The minimum Gasteiger partial charge on any atom is -0.489 e. The molecule has 13 heteroatoms. The van der Waals surface area contributed by atoms with Gasteiger partial charge < -0.3 is 4.74 Å². The molecule has 0 saturated heterocycles. The van der Waals surface area contributed by atoms with Crippen LogP contribution in [0, 0.1) is 0 Å². The molecular weight excluding hydrogens is 532 g/mol. The van der Waals surface area contributed by atoms with Crippen LogP contribution in [-0.4, -0.2) is 48.1 Å². The molecule has 4 aromatic rings. The van der Waals surface area contributed by atoms with Crippen LogP contribution in [-0.2, 0) is 46.0 Å². The third kappa shape index (κ3) is 5.03. The second-order valence-electron chi connectivity index (χ2n) is 8.46. The van der Waals surface area contributed by atoms with E-state index in [1.807, 2.05) is 0 Å². The van der Waals surface area contributed by atoms with Crippen molar-refractivity contribution < 1.29 is 43.3 Å². The molecule has 2 N–H and O–H groups in total. The van der Waals surface area contributed by atoms with E-state index < -0.39 is 41.9 Å². The Morgan fingerprint density at radius 1 is 0.806 bits per heavy atom. The normalized spacial score (nSPS) is 13.1. The summed E-state index contributed by atoms with van der Waals surface area (Å²) < 4.78 is 102. The fourth-order valence-corrected chi connectivity index (χ4v) is 6.49. The minimum atomic E-state index is -4.55. The van der Waals surface area contributed by atoms with Crippen LogP contribution in [0.5, 0.6) is 5.75 Å². The zero-order chi connectivity index (χ0) is 26.6. The molecular formula is C23H22O10S3. The van der Waals surface area contributed by atoms with Gasteiger partial charge in [0.25, 0.3) is 30.4 Å². The van der Waals surface area contributed by atoms with Crippen LogP contribution in [0.2, 0.25) is 0 Å². The summed E-state index contributed by atoms with van der Waals surface area (Å²) in [5.74, 6) is -1.36. The van der Waals surface area contributed by atoms with Crippen LogP contribution in [0.15, 0.2) is 53.4 Å². The molecule has 0 fully saturated rings. The van der Waals surface area contributed by atoms with Gasteiger partial charge >= 0.3 is 0 Å². The lowest BCUT2D eigenvalue weighted by molar-refractivity contribution is 0.357. The summed E-state index contributed by atoms with van der Waals surface area (Å²) in [5.41, 5.74) is 0.869. The molecule has 0 heterocycles. The van der Waals surface area contributed by atoms with Gasteiger partial charge in [0.2, 0.25) is 0 Å². The van der Waals surface area contributed by atoms with Gasteiger partial charge in [0, 0.05) is 16.2 Å². The lowest BCUT2D eigenvalue weighted by atomic mass is 9.90. The van der Waals surface area contributed by atoms with Gasteiger partial charge in [0.15, 0.2) is 0 Å². The second-order valence-corrected chi connectivity index (χ2v) is 13.0. The van der Waals surface area contributed by atoms with E-state index in [2.05, 4.69) is 6.58 Å². The third-order valence-corrected chi connectivity index (χ3v) is 8.30. The topological polar surface area (TPSA) is 161 Å². The highest BCUT2D eigenvalue weighted by Gasteiger charge is 2.26. The zero-order valence-corrected chi connectivity index (χ0v) is 21.6. The Hall–Kier alpha value is -2.81. The largest absolute Gasteiger partial charge is 0.489 e. The van der Waals surface area contributed by atoms with E-state index in [0.717, 1.165) is 13.2 Å². The van der Waals surface area contributed by atoms with Crippen molar-refractivity contribution in [2.75, 3.05) is 13.7 Å². The summed E-state index contributed by atoms with van der Waals surface area (Å²) in [5, 5.41) is 2.10. The van der Waals surface area contributed by atoms with Gasteiger partial charge in [0.1, 0.15) is 28.8 Å². The van der Waals surface area contributed by atoms with Crippen molar-refractivity contribution in [3.63, 3.8) is 0 Å². The van der Waals surface area contributed by atoms with Crippen molar-refractivity contribution in [3.05, 3.63) is 59.7 Å². The standard InChI is InChI=1S/C23H22O10S3/c1-13(2)10-33-20-8-14(11-34(24,25)26)16-4-5-17-15(12-35(27,28)29)9-21(36(30,31)32-3)19-7-6-18(20)22(16)23(17)19/h4-9H,1,10-12H2,2-3H3,(H,24,25,26)(H,27,28,29). The summed E-state index contributed by atoms with van der Waals surface area (Å²) in [7, 11) is -12.4. The summed E-state index contributed by atoms with van der Waals surface area (Å²) >= 11 is 0. The van der Waals surface area contributed by atoms with Crippen molar-refractivity contribution >= 4 is 62.7 Å². The highest BCUT2D eigenvalue weighted by molar-refractivity contribution is 7.87. The highest BCUT2D eigenvalue weighted by Crippen LogP contribution is 2.44. The van der Waals surface area contributed by atoms with E-state index in [-0.39, 0.29) is 33.8 Å². The maximum atomic E-state index is 12.8. The molecule has 4 rings (SSSR count). The van der Waals surface area contributed by atoms with Gasteiger partial charge in [-0.05, 0) is 58.0 Å². The second kappa shape index (κ2) is 8.94. The first-order valence-corrected chi connectivity index (χ1v) is 15.0. The summed E-state index contributed by atoms with van der Waals surface area (Å²) in [6.45, 7) is 5.62. The lowest BCUT2D eigenvalue weighted by Gasteiger charge is -2.20. The number of hydrogen-bond acceptors (Lipinski definition) is 8. The van der Waals surface area contributed by atoms with Crippen LogP contribution in [0.25, 0.3) is 32.3 Å². The first-order valence-electron chi connectivity index (χ1n) is 10.4. The fourth-order valence-electron chi connectivity index (χ4n) is 4.32. The molecule has 4 aromatic carbocycles. The molecule has 0 aliphatic rings. The molecule has 36 heavy (non-hydrogen) atoms. The Morgan fingerprint density at radius 3 is 1.78 bits per heavy atom. The SMILES string of the molecule is C=C(C)COc1cc(CS(=O)(=O)O)c2ccc3c(CS(=O)(=O)O)cc(S(=O)(=O)OC)c4ccc1c2c34. The maximum Gasteiger partial charge on any atom is 0.297 e. The van der Waals surface area contributed by atoms with Gasteiger partial charge in [-0.1, -0.05) is 24.8 Å². The molecule has 0 aliphatic carbocycles. The van der Waals surface area contributed by atoms with Gasteiger partial charge in [0.05, 0.1) is 7.11 Å². The van der Waals surface area contributed by atoms with Crippen molar-refractivity contribution in [1.29, 1.82) is 0 Å². The Kier molecular flexibility index (Phi) is 6.52. The summed E-state index contributed by atoms with van der Waals surface area (Å²) in [6.07, 6.45) is 0. The Labute approximate surface area is 208 Å². The van der Waals surface area contributed by atoms with Gasteiger partial charge in [-0.25, -0.2) is 0 Å².